The van der Waals surface area contributed by atoms with Crippen LogP contribution in [0.5, 0.6) is 0 Å². The molecule has 0 aromatic carbocycles. The van der Waals surface area contributed by atoms with Crippen LogP contribution in [0.1, 0.15) is 40.0 Å². The lowest BCUT2D eigenvalue weighted by molar-refractivity contribution is -0.161. The van der Waals surface area contributed by atoms with Gasteiger partial charge in [0.25, 0.3) is 0 Å². The summed E-state index contributed by atoms with van der Waals surface area (Å²) in [5.74, 6) is -1.33. The molecule has 0 bridgehead atoms. The summed E-state index contributed by atoms with van der Waals surface area (Å²) in [4.78, 5) is 11.7. The maximum atomic E-state index is 13.0. The second-order valence-corrected chi connectivity index (χ2v) is 5.40. The van der Waals surface area contributed by atoms with Crippen LogP contribution in [0.25, 0.3) is 0 Å². The van der Waals surface area contributed by atoms with Crippen molar-refractivity contribution in [2.75, 3.05) is 0 Å². The summed E-state index contributed by atoms with van der Waals surface area (Å²) in [6.45, 7) is 4.58. The van der Waals surface area contributed by atoms with E-state index in [9.17, 15) is 18.0 Å². The fourth-order valence-electron chi connectivity index (χ4n) is 1.94. The number of carbonyl (C=O) groups excluding carboxylic acids is 1. The van der Waals surface area contributed by atoms with Crippen LogP contribution in [0.4, 0.5) is 13.2 Å². The van der Waals surface area contributed by atoms with Crippen LogP contribution in [-0.2, 0) is 9.53 Å². The third kappa shape index (κ3) is 3.73. The molecule has 0 unspecified atom stereocenters. The van der Waals surface area contributed by atoms with Crippen molar-refractivity contribution in [3.8, 4) is 0 Å². The molecule has 1 aliphatic carbocycles. The van der Waals surface area contributed by atoms with E-state index in [4.69, 9.17) is 10.5 Å². The lowest BCUT2D eigenvalue weighted by Crippen LogP contribution is -2.33. The van der Waals surface area contributed by atoms with E-state index in [0.717, 1.165) is 0 Å². The zero-order valence-corrected chi connectivity index (χ0v) is 10.7. The first-order valence-corrected chi connectivity index (χ1v) is 5.81. The lowest BCUT2D eigenvalue weighted by Gasteiger charge is -2.23. The van der Waals surface area contributed by atoms with Crippen molar-refractivity contribution in [2.45, 2.75) is 57.9 Å². The van der Waals surface area contributed by atoms with Gasteiger partial charge in [-0.15, -0.1) is 0 Å². The first-order chi connectivity index (χ1) is 8.02. The number of halogens is 3. The molecule has 0 radical (unpaired) electrons. The van der Waals surface area contributed by atoms with E-state index in [-0.39, 0.29) is 12.0 Å². The first kappa shape index (κ1) is 15.0. The van der Waals surface area contributed by atoms with Gasteiger partial charge in [-0.25, -0.2) is 4.79 Å². The van der Waals surface area contributed by atoms with Gasteiger partial charge >= 0.3 is 12.1 Å². The Morgan fingerprint density at radius 3 is 2.22 bits per heavy atom. The van der Waals surface area contributed by atoms with E-state index < -0.39 is 29.4 Å². The number of hydrogen-bond donors (Lipinski definition) is 1. The Morgan fingerprint density at radius 2 is 1.89 bits per heavy atom. The van der Waals surface area contributed by atoms with Gasteiger partial charge in [0, 0.05) is 6.04 Å². The number of esters is 1. The third-order valence-corrected chi connectivity index (χ3v) is 2.62. The van der Waals surface area contributed by atoms with Gasteiger partial charge in [0.2, 0.25) is 0 Å². The van der Waals surface area contributed by atoms with Crippen molar-refractivity contribution in [1.29, 1.82) is 0 Å². The Kier molecular flexibility index (Phi) is 4.10. The summed E-state index contributed by atoms with van der Waals surface area (Å²) < 4.78 is 43.7. The topological polar surface area (TPSA) is 52.3 Å². The van der Waals surface area contributed by atoms with Crippen LogP contribution in [-0.4, -0.2) is 23.8 Å². The van der Waals surface area contributed by atoms with Crippen LogP contribution < -0.4 is 5.73 Å². The highest BCUT2D eigenvalue weighted by Crippen LogP contribution is 2.36. The highest BCUT2D eigenvalue weighted by atomic mass is 19.4. The van der Waals surface area contributed by atoms with Crippen LogP contribution in [0.15, 0.2) is 11.1 Å². The zero-order chi connectivity index (χ0) is 14.1. The summed E-state index contributed by atoms with van der Waals surface area (Å²) in [6, 6.07) is -0.700. The summed E-state index contributed by atoms with van der Waals surface area (Å²) in [6.07, 6.45) is -3.48. The second kappa shape index (κ2) is 4.91. The van der Waals surface area contributed by atoms with Crippen LogP contribution in [0.3, 0.4) is 0 Å². The fraction of sp³-hybridized carbons (Fsp3) is 0.750. The quantitative estimate of drug-likeness (QED) is 0.586. The van der Waals surface area contributed by atoms with Crippen molar-refractivity contribution < 1.29 is 22.7 Å². The molecular formula is C12H18F3NO2. The van der Waals surface area contributed by atoms with Crippen molar-refractivity contribution in [3.63, 3.8) is 0 Å². The Balaban J connectivity index is 3.12. The predicted octanol–water partition coefficient (Wildman–Crippen LogP) is 2.70. The van der Waals surface area contributed by atoms with Gasteiger partial charge in [0.15, 0.2) is 0 Å². The van der Waals surface area contributed by atoms with Gasteiger partial charge in [0.05, 0.1) is 0 Å². The number of alkyl halides is 3. The van der Waals surface area contributed by atoms with Crippen molar-refractivity contribution in [2.24, 2.45) is 5.73 Å². The summed E-state index contributed by atoms with van der Waals surface area (Å²) in [5.41, 5.74) is 3.40. The van der Waals surface area contributed by atoms with E-state index in [0.29, 0.717) is 12.8 Å². The van der Waals surface area contributed by atoms with Crippen molar-refractivity contribution in [1.82, 2.24) is 0 Å². The second-order valence-electron chi connectivity index (χ2n) is 5.40. The number of carbonyl (C=O) groups is 1. The van der Waals surface area contributed by atoms with Crippen molar-refractivity contribution in [3.05, 3.63) is 11.1 Å². The zero-order valence-electron chi connectivity index (χ0n) is 10.7. The Hall–Kier alpha value is -1.04. The molecule has 3 nitrogen and oxygen atoms in total. The number of hydrogen-bond acceptors (Lipinski definition) is 3. The molecule has 1 saturated carbocycles. The molecule has 2 N–H and O–H groups in total. The highest BCUT2D eigenvalue weighted by Gasteiger charge is 2.45. The van der Waals surface area contributed by atoms with E-state index in [2.05, 4.69) is 0 Å². The molecule has 0 aromatic rings. The molecular weight excluding hydrogens is 247 g/mol. The molecule has 1 aliphatic rings. The number of ether oxygens (including phenoxy) is 1. The molecule has 18 heavy (non-hydrogen) atoms. The van der Waals surface area contributed by atoms with Crippen LogP contribution >= 0.6 is 0 Å². The SMILES string of the molecule is CC(C)(C)OC(=O)/C(=C1/CCC[C@@H]1N)C(F)(F)F. The summed E-state index contributed by atoms with van der Waals surface area (Å²) in [5, 5.41) is 0. The number of nitrogens with two attached hydrogens (primary N) is 1. The number of rotatable bonds is 1. The first-order valence-electron chi connectivity index (χ1n) is 5.81. The van der Waals surface area contributed by atoms with E-state index in [1.54, 1.807) is 0 Å². The lowest BCUT2D eigenvalue weighted by atomic mass is 10.0. The van der Waals surface area contributed by atoms with Crippen LogP contribution in [0, 0.1) is 0 Å². The average molecular weight is 265 g/mol. The van der Waals surface area contributed by atoms with Crippen molar-refractivity contribution >= 4 is 5.97 Å². The molecule has 0 amide bonds. The molecule has 0 aromatic heterocycles. The smallest absolute Gasteiger partial charge is 0.423 e. The fourth-order valence-corrected chi connectivity index (χ4v) is 1.94. The van der Waals surface area contributed by atoms with Crippen LogP contribution in [0.2, 0.25) is 0 Å². The van der Waals surface area contributed by atoms with E-state index in [1.165, 1.54) is 20.8 Å². The average Bonchev–Trinajstić information content (AvgIpc) is 2.46. The Morgan fingerprint density at radius 1 is 1.33 bits per heavy atom. The minimum Gasteiger partial charge on any atom is -0.456 e. The van der Waals surface area contributed by atoms with Gasteiger partial charge in [-0.05, 0) is 45.6 Å². The largest absolute Gasteiger partial charge is 0.456 e. The van der Waals surface area contributed by atoms with E-state index >= 15 is 0 Å². The molecule has 0 heterocycles. The minimum atomic E-state index is -4.72. The molecule has 0 saturated heterocycles. The summed E-state index contributed by atoms with van der Waals surface area (Å²) in [7, 11) is 0. The molecule has 104 valence electrons. The monoisotopic (exact) mass is 265 g/mol. The van der Waals surface area contributed by atoms with E-state index in [1.807, 2.05) is 0 Å². The molecule has 0 aliphatic heterocycles. The Labute approximate surface area is 104 Å². The predicted molar refractivity (Wildman–Crippen MR) is 60.8 cm³/mol. The normalized spacial score (nSPS) is 24.1. The minimum absolute atomic E-state index is 0.0308. The van der Waals surface area contributed by atoms with Gasteiger partial charge in [-0.1, -0.05) is 0 Å². The van der Waals surface area contributed by atoms with Gasteiger partial charge in [0.1, 0.15) is 11.2 Å². The Bertz CT molecular complexity index is 366. The molecule has 1 fully saturated rings. The molecule has 6 heteroatoms. The molecule has 0 spiro atoms. The third-order valence-electron chi connectivity index (χ3n) is 2.62. The maximum Gasteiger partial charge on any atom is 0.423 e. The van der Waals surface area contributed by atoms with Gasteiger partial charge in [-0.3, -0.25) is 0 Å². The molecule has 1 rings (SSSR count). The van der Waals surface area contributed by atoms with Gasteiger partial charge in [-0.2, -0.15) is 13.2 Å². The molecule has 1 atom stereocenters. The maximum absolute atomic E-state index is 13.0. The standard InChI is InChI=1S/C12H18F3NO2/c1-11(2,3)18-10(17)9(12(13,14)15)7-5-4-6-8(7)16/h8H,4-6,16H2,1-3H3/b9-7+/t8-/m0/s1. The summed E-state index contributed by atoms with van der Waals surface area (Å²) >= 11 is 0. The van der Waals surface area contributed by atoms with Gasteiger partial charge < -0.3 is 10.5 Å². The highest BCUT2D eigenvalue weighted by molar-refractivity contribution is 5.91.